The Hall–Kier alpha value is -2.55. The van der Waals surface area contributed by atoms with E-state index in [0.29, 0.717) is 0 Å². The van der Waals surface area contributed by atoms with Crippen LogP contribution in [0.15, 0.2) is 54.6 Å². The fraction of sp³-hybridized carbons (Fsp3) is 0.250. The van der Waals surface area contributed by atoms with Gasteiger partial charge in [-0.1, -0.05) is 42.5 Å². The molecule has 1 aliphatic rings. The maximum absolute atomic E-state index is 12.4. The van der Waals surface area contributed by atoms with Crippen LogP contribution < -0.4 is 10.6 Å². The number of amides is 1. The summed E-state index contributed by atoms with van der Waals surface area (Å²) in [5.41, 5.74) is 5.08. The number of rotatable bonds is 2. The Bertz CT molecular complexity index is 775. The number of para-hydroxylation sites is 1. The van der Waals surface area contributed by atoms with E-state index < -0.39 is 0 Å². The average Bonchev–Trinajstić information content (AvgIpc) is 2.48. The maximum Gasteiger partial charge on any atom is 0.250 e. The first-order valence-electron chi connectivity index (χ1n) is 7.89. The molecule has 0 atom stereocenters. The molecule has 1 heterocycles. The highest BCUT2D eigenvalue weighted by atomic mass is 16.1. The quantitative estimate of drug-likeness (QED) is 0.826. The predicted octanol–water partition coefficient (Wildman–Crippen LogP) is 3.90. The van der Waals surface area contributed by atoms with Gasteiger partial charge in [0.15, 0.2) is 0 Å². The van der Waals surface area contributed by atoms with Crippen molar-refractivity contribution in [3.05, 3.63) is 71.3 Å². The van der Waals surface area contributed by atoms with Crippen LogP contribution in [0.25, 0.3) is 5.70 Å². The molecule has 2 N–H and O–H groups in total. The van der Waals surface area contributed by atoms with Crippen molar-refractivity contribution < 1.29 is 4.79 Å². The lowest BCUT2D eigenvalue weighted by Gasteiger charge is -2.35. The average molecular weight is 306 g/mol. The molecule has 0 spiro atoms. The van der Waals surface area contributed by atoms with E-state index in [4.69, 9.17) is 0 Å². The van der Waals surface area contributed by atoms with E-state index >= 15 is 0 Å². The first kappa shape index (κ1) is 15.3. The summed E-state index contributed by atoms with van der Waals surface area (Å²) < 4.78 is 0. The summed E-state index contributed by atoms with van der Waals surface area (Å²) in [5.74, 6) is -0.116. The minimum Gasteiger partial charge on any atom is -0.379 e. The number of hydrogen-bond donors (Lipinski definition) is 2. The monoisotopic (exact) mass is 306 g/mol. The van der Waals surface area contributed by atoms with E-state index in [0.717, 1.165) is 28.9 Å². The highest BCUT2D eigenvalue weighted by Crippen LogP contribution is 2.29. The predicted molar refractivity (Wildman–Crippen MR) is 95.1 cm³/mol. The Kier molecular flexibility index (Phi) is 3.95. The molecule has 0 fully saturated rings. The van der Waals surface area contributed by atoms with Crippen LogP contribution in [-0.4, -0.2) is 11.4 Å². The van der Waals surface area contributed by atoms with E-state index in [9.17, 15) is 4.79 Å². The summed E-state index contributed by atoms with van der Waals surface area (Å²) >= 11 is 0. The molecule has 2 aromatic carbocycles. The number of aryl methyl sites for hydroxylation is 1. The number of nitrogens with one attached hydrogen (secondary N) is 2. The van der Waals surface area contributed by atoms with Gasteiger partial charge >= 0.3 is 0 Å². The van der Waals surface area contributed by atoms with Crippen molar-refractivity contribution in [2.75, 3.05) is 5.32 Å². The third-order valence-electron chi connectivity index (χ3n) is 4.09. The summed E-state index contributed by atoms with van der Waals surface area (Å²) in [6.45, 7) is 6.28. The minimum atomic E-state index is -0.116. The molecule has 3 heteroatoms. The number of anilines is 1. The molecule has 0 radical (unpaired) electrons. The third kappa shape index (κ3) is 3.45. The Morgan fingerprint density at radius 3 is 2.61 bits per heavy atom. The van der Waals surface area contributed by atoms with Gasteiger partial charge in [-0.25, -0.2) is 0 Å². The molecule has 1 amide bonds. The molecule has 0 bridgehead atoms. The van der Waals surface area contributed by atoms with Crippen LogP contribution in [-0.2, 0) is 11.2 Å². The van der Waals surface area contributed by atoms with Crippen LogP contribution in [0.3, 0.4) is 0 Å². The molecule has 3 nitrogen and oxygen atoms in total. The Labute approximate surface area is 137 Å². The molecule has 0 saturated heterocycles. The van der Waals surface area contributed by atoms with Gasteiger partial charge in [0.05, 0.1) is 0 Å². The molecule has 0 aromatic heterocycles. The van der Waals surface area contributed by atoms with Gasteiger partial charge in [0.1, 0.15) is 0 Å². The van der Waals surface area contributed by atoms with Gasteiger partial charge in [0.25, 0.3) is 0 Å². The van der Waals surface area contributed by atoms with Gasteiger partial charge in [-0.2, -0.15) is 0 Å². The number of hydrogen-bond acceptors (Lipinski definition) is 2. The normalized spacial score (nSPS) is 17.3. The summed E-state index contributed by atoms with van der Waals surface area (Å²) in [6, 6.07) is 16.0. The first-order chi connectivity index (χ1) is 10.9. The third-order valence-corrected chi connectivity index (χ3v) is 4.09. The van der Waals surface area contributed by atoms with Gasteiger partial charge < -0.3 is 10.6 Å². The van der Waals surface area contributed by atoms with Crippen LogP contribution in [0, 0.1) is 6.92 Å². The van der Waals surface area contributed by atoms with Gasteiger partial charge in [-0.3, -0.25) is 4.79 Å². The van der Waals surface area contributed by atoms with Gasteiger partial charge in [0.2, 0.25) is 5.91 Å². The Balaban J connectivity index is 1.89. The summed E-state index contributed by atoms with van der Waals surface area (Å²) in [6.07, 6.45) is 2.60. The van der Waals surface area contributed by atoms with E-state index in [1.165, 1.54) is 5.56 Å². The SMILES string of the molecule is Cc1ccccc1NC(=O)C=C1NC(C)(C)Cc2ccccc21. The molecule has 23 heavy (non-hydrogen) atoms. The zero-order chi connectivity index (χ0) is 16.4. The second-order valence-electron chi connectivity index (χ2n) is 6.70. The van der Waals surface area contributed by atoms with E-state index in [1.807, 2.05) is 43.3 Å². The standard InChI is InChI=1S/C20H22N2O/c1-14-8-4-7-11-17(14)21-19(23)12-18-16-10-6-5-9-15(16)13-20(2,3)22-18/h4-12,22H,13H2,1-3H3,(H,21,23). The second kappa shape index (κ2) is 5.92. The fourth-order valence-electron chi connectivity index (χ4n) is 3.02. The largest absolute Gasteiger partial charge is 0.379 e. The molecule has 0 unspecified atom stereocenters. The molecule has 0 saturated carbocycles. The molecular weight excluding hydrogens is 284 g/mol. The van der Waals surface area contributed by atoms with Crippen molar-refractivity contribution in [1.82, 2.24) is 5.32 Å². The zero-order valence-corrected chi connectivity index (χ0v) is 13.8. The van der Waals surface area contributed by atoms with Gasteiger partial charge in [-0.15, -0.1) is 0 Å². The molecule has 118 valence electrons. The van der Waals surface area contributed by atoms with Crippen molar-refractivity contribution in [2.45, 2.75) is 32.7 Å². The van der Waals surface area contributed by atoms with Crippen LogP contribution in [0.1, 0.15) is 30.5 Å². The van der Waals surface area contributed by atoms with Crippen LogP contribution >= 0.6 is 0 Å². The lowest BCUT2D eigenvalue weighted by Crippen LogP contribution is -2.44. The van der Waals surface area contributed by atoms with Crippen molar-refractivity contribution in [1.29, 1.82) is 0 Å². The highest BCUT2D eigenvalue weighted by Gasteiger charge is 2.27. The summed E-state index contributed by atoms with van der Waals surface area (Å²) in [7, 11) is 0. The number of fused-ring (bicyclic) bond motifs is 1. The van der Waals surface area contributed by atoms with Crippen molar-refractivity contribution in [2.24, 2.45) is 0 Å². The van der Waals surface area contributed by atoms with Crippen LogP contribution in [0.2, 0.25) is 0 Å². The number of benzene rings is 2. The Morgan fingerprint density at radius 2 is 1.83 bits per heavy atom. The molecule has 3 rings (SSSR count). The fourth-order valence-corrected chi connectivity index (χ4v) is 3.02. The summed E-state index contributed by atoms with van der Waals surface area (Å²) in [5, 5.41) is 6.44. The number of carbonyl (C=O) groups excluding carboxylic acids is 1. The van der Waals surface area contributed by atoms with E-state index in [-0.39, 0.29) is 11.4 Å². The van der Waals surface area contributed by atoms with E-state index in [2.05, 4.69) is 36.6 Å². The second-order valence-corrected chi connectivity index (χ2v) is 6.70. The molecule has 2 aromatic rings. The van der Waals surface area contributed by atoms with Crippen LogP contribution in [0.4, 0.5) is 5.69 Å². The lowest BCUT2D eigenvalue weighted by molar-refractivity contribution is -0.111. The van der Waals surface area contributed by atoms with Gasteiger partial charge in [-0.05, 0) is 44.4 Å². The smallest absolute Gasteiger partial charge is 0.250 e. The van der Waals surface area contributed by atoms with Crippen molar-refractivity contribution >= 4 is 17.3 Å². The Morgan fingerprint density at radius 1 is 1.13 bits per heavy atom. The van der Waals surface area contributed by atoms with Crippen LogP contribution in [0.5, 0.6) is 0 Å². The number of carbonyl (C=O) groups is 1. The van der Waals surface area contributed by atoms with Gasteiger partial charge in [0, 0.05) is 28.6 Å². The first-order valence-corrected chi connectivity index (χ1v) is 7.89. The lowest BCUT2D eigenvalue weighted by atomic mass is 9.86. The molecule has 1 aliphatic heterocycles. The molecular formula is C20H22N2O. The van der Waals surface area contributed by atoms with E-state index in [1.54, 1.807) is 6.08 Å². The van der Waals surface area contributed by atoms with Crippen molar-refractivity contribution in [3.63, 3.8) is 0 Å². The molecule has 0 aliphatic carbocycles. The summed E-state index contributed by atoms with van der Waals surface area (Å²) in [4.78, 5) is 12.4. The topological polar surface area (TPSA) is 41.1 Å². The minimum absolute atomic E-state index is 0.0663. The maximum atomic E-state index is 12.4. The zero-order valence-electron chi connectivity index (χ0n) is 13.8. The van der Waals surface area contributed by atoms with Crippen molar-refractivity contribution in [3.8, 4) is 0 Å². The highest BCUT2D eigenvalue weighted by molar-refractivity contribution is 6.04.